The van der Waals surface area contributed by atoms with Crippen LogP contribution in [0.3, 0.4) is 0 Å². The van der Waals surface area contributed by atoms with Gasteiger partial charge in [0.05, 0.1) is 16.1 Å². The first kappa shape index (κ1) is 22.2. The fourth-order valence-corrected chi connectivity index (χ4v) is 4.23. The van der Waals surface area contributed by atoms with E-state index in [1.54, 1.807) is 17.3 Å². The molecule has 1 aliphatic rings. The van der Waals surface area contributed by atoms with Gasteiger partial charge in [-0.05, 0) is 30.7 Å². The minimum Gasteiger partial charge on any atom is -0.483 e. The number of fused-ring (bicyclic) bond motifs is 1. The van der Waals surface area contributed by atoms with E-state index >= 15 is 0 Å². The van der Waals surface area contributed by atoms with Crippen molar-refractivity contribution in [2.24, 2.45) is 5.92 Å². The van der Waals surface area contributed by atoms with E-state index in [9.17, 15) is 9.59 Å². The van der Waals surface area contributed by atoms with Crippen LogP contribution in [0.5, 0.6) is 0 Å². The number of anilines is 2. The molecule has 4 rings (SSSR count). The lowest BCUT2D eigenvalue weighted by Gasteiger charge is -2.14. The number of hydrogen-bond acceptors (Lipinski definition) is 7. The molecular weight excluding hydrogens is 418 g/mol. The predicted octanol–water partition coefficient (Wildman–Crippen LogP) is 2.28. The van der Waals surface area contributed by atoms with Crippen molar-refractivity contribution < 1.29 is 19.5 Å². The summed E-state index contributed by atoms with van der Waals surface area (Å²) in [7, 11) is 0. The summed E-state index contributed by atoms with van der Waals surface area (Å²) in [6, 6.07) is 9.70. The molecule has 1 fully saturated rings. The molecule has 3 N–H and O–H groups in total. The van der Waals surface area contributed by atoms with E-state index in [-0.39, 0.29) is 30.6 Å². The number of amides is 2. The van der Waals surface area contributed by atoms with Crippen LogP contribution in [0.1, 0.15) is 12.0 Å². The average Bonchev–Trinajstić information content (AvgIpc) is 3.36. The van der Waals surface area contributed by atoms with Gasteiger partial charge in [0, 0.05) is 44.1 Å². The number of para-hydroxylation sites is 1. The lowest BCUT2D eigenvalue weighted by atomic mass is 10.1. The first-order chi connectivity index (χ1) is 15.0. The summed E-state index contributed by atoms with van der Waals surface area (Å²) >= 11 is 1.48. The number of nitrogens with zero attached hydrogens (tertiary/aromatic N) is 3. The maximum Gasteiger partial charge on any atom is 0.290 e. The number of rotatable bonds is 6. The van der Waals surface area contributed by atoms with Crippen LogP contribution in [-0.4, -0.2) is 53.0 Å². The third-order valence-electron chi connectivity index (χ3n) is 4.77. The van der Waals surface area contributed by atoms with Crippen molar-refractivity contribution in [3.05, 3.63) is 48.3 Å². The van der Waals surface area contributed by atoms with Crippen LogP contribution in [0.2, 0.25) is 0 Å². The highest BCUT2D eigenvalue weighted by molar-refractivity contribution is 7.22. The number of hydrogen-bond donors (Lipinski definition) is 3. The van der Waals surface area contributed by atoms with Crippen LogP contribution in [0.4, 0.5) is 10.8 Å². The predicted molar refractivity (Wildman–Crippen MR) is 119 cm³/mol. The van der Waals surface area contributed by atoms with Crippen LogP contribution in [0, 0.1) is 12.8 Å². The molecule has 1 aliphatic heterocycles. The zero-order valence-corrected chi connectivity index (χ0v) is 17.8. The second-order valence-corrected chi connectivity index (χ2v) is 7.89. The average molecular weight is 442 g/mol. The number of thiazole rings is 1. The van der Waals surface area contributed by atoms with E-state index in [4.69, 9.17) is 9.90 Å². The Kier molecular flexibility index (Phi) is 7.50. The fourth-order valence-electron chi connectivity index (χ4n) is 3.24. The number of aromatic nitrogens is 2. The van der Waals surface area contributed by atoms with Crippen molar-refractivity contribution in [2.75, 3.05) is 29.9 Å². The summed E-state index contributed by atoms with van der Waals surface area (Å²) in [6.07, 6.45) is 3.75. The van der Waals surface area contributed by atoms with Gasteiger partial charge in [-0.3, -0.25) is 24.3 Å². The minimum atomic E-state index is -0.345. The smallest absolute Gasteiger partial charge is 0.290 e. The number of carboxylic acid groups (broad SMARTS) is 1. The summed E-state index contributed by atoms with van der Waals surface area (Å²) in [4.78, 5) is 43.5. The quantitative estimate of drug-likeness (QED) is 0.396. The van der Waals surface area contributed by atoms with Crippen molar-refractivity contribution in [1.29, 1.82) is 0 Å². The Hall–Kier alpha value is -3.53. The molecule has 0 aliphatic carbocycles. The highest BCUT2D eigenvalue weighted by atomic mass is 32.1. The van der Waals surface area contributed by atoms with Crippen LogP contribution < -0.4 is 15.5 Å². The number of aryl methyl sites for hydroxylation is 1. The van der Waals surface area contributed by atoms with Crippen molar-refractivity contribution in [3.8, 4) is 0 Å². The maximum atomic E-state index is 12.5. The number of benzene rings is 1. The topological polar surface area (TPSA) is 125 Å². The van der Waals surface area contributed by atoms with Gasteiger partial charge in [0.15, 0.2) is 5.13 Å². The van der Waals surface area contributed by atoms with Gasteiger partial charge in [0.1, 0.15) is 0 Å². The Balaban J connectivity index is 0.000000858. The van der Waals surface area contributed by atoms with Gasteiger partial charge in [-0.2, -0.15) is 0 Å². The molecule has 2 amide bonds. The van der Waals surface area contributed by atoms with E-state index < -0.39 is 0 Å². The molecule has 2 aromatic heterocycles. The summed E-state index contributed by atoms with van der Waals surface area (Å²) in [5, 5.41) is 13.7. The van der Waals surface area contributed by atoms with E-state index in [2.05, 4.69) is 20.6 Å². The second-order valence-electron chi connectivity index (χ2n) is 6.88. The number of nitrogens with one attached hydrogen (secondary N) is 2. The van der Waals surface area contributed by atoms with E-state index in [1.165, 1.54) is 11.3 Å². The Morgan fingerprint density at radius 2 is 2.10 bits per heavy atom. The first-order valence-electron chi connectivity index (χ1n) is 9.69. The summed E-state index contributed by atoms with van der Waals surface area (Å²) in [6.45, 7) is 3.21. The van der Waals surface area contributed by atoms with Gasteiger partial charge in [-0.25, -0.2) is 4.98 Å². The molecule has 3 aromatic rings. The highest BCUT2D eigenvalue weighted by Crippen LogP contribution is 2.32. The molecular formula is C21H23N5O4S. The molecule has 162 valence electrons. The summed E-state index contributed by atoms with van der Waals surface area (Å²) in [5.41, 5.74) is 2.93. The third-order valence-corrected chi connectivity index (χ3v) is 5.83. The van der Waals surface area contributed by atoms with E-state index in [1.807, 2.05) is 37.3 Å². The van der Waals surface area contributed by atoms with Crippen LogP contribution in [0.25, 0.3) is 10.2 Å². The molecule has 3 heterocycles. The summed E-state index contributed by atoms with van der Waals surface area (Å²) < 4.78 is 1.04. The van der Waals surface area contributed by atoms with Crippen LogP contribution in [0.15, 0.2) is 42.7 Å². The number of pyridine rings is 1. The van der Waals surface area contributed by atoms with E-state index in [0.717, 1.165) is 21.5 Å². The van der Waals surface area contributed by atoms with Gasteiger partial charge in [-0.1, -0.05) is 23.5 Å². The van der Waals surface area contributed by atoms with Gasteiger partial charge < -0.3 is 15.7 Å². The number of carbonyl (C=O) groups excluding carboxylic acids is 2. The van der Waals surface area contributed by atoms with Crippen LogP contribution >= 0.6 is 11.3 Å². The molecule has 1 atom stereocenters. The maximum absolute atomic E-state index is 12.5. The molecule has 10 heteroatoms. The molecule has 9 nitrogen and oxygen atoms in total. The minimum absolute atomic E-state index is 0.0512. The van der Waals surface area contributed by atoms with Crippen molar-refractivity contribution in [3.63, 3.8) is 0 Å². The monoisotopic (exact) mass is 441 g/mol. The van der Waals surface area contributed by atoms with Gasteiger partial charge in [0.2, 0.25) is 11.8 Å². The molecule has 0 spiro atoms. The zero-order valence-electron chi connectivity index (χ0n) is 16.9. The van der Waals surface area contributed by atoms with Crippen molar-refractivity contribution in [1.82, 2.24) is 15.3 Å². The third kappa shape index (κ3) is 5.54. The van der Waals surface area contributed by atoms with Crippen LogP contribution in [-0.2, 0) is 14.4 Å². The second kappa shape index (κ2) is 10.5. The molecule has 1 unspecified atom stereocenters. The van der Waals surface area contributed by atoms with Gasteiger partial charge in [-0.15, -0.1) is 0 Å². The van der Waals surface area contributed by atoms with Crippen molar-refractivity contribution in [2.45, 2.75) is 13.3 Å². The Labute approximate surface area is 183 Å². The van der Waals surface area contributed by atoms with Crippen molar-refractivity contribution >= 4 is 50.7 Å². The molecule has 1 aromatic carbocycles. The molecule has 0 saturated carbocycles. The SMILES string of the molecule is Cc1cnccc1NCCNC(=O)C1CC(=O)N(c2nc3ccccc3s2)C1.O=CO. The zero-order chi connectivity index (χ0) is 22.2. The lowest BCUT2D eigenvalue weighted by molar-refractivity contribution is -0.126. The number of carbonyl (C=O) groups is 3. The highest BCUT2D eigenvalue weighted by Gasteiger charge is 2.36. The Morgan fingerprint density at radius 3 is 2.84 bits per heavy atom. The largest absolute Gasteiger partial charge is 0.483 e. The Bertz CT molecular complexity index is 1040. The van der Waals surface area contributed by atoms with Gasteiger partial charge >= 0.3 is 0 Å². The van der Waals surface area contributed by atoms with Gasteiger partial charge in [0.25, 0.3) is 6.47 Å². The molecule has 0 bridgehead atoms. The van der Waals surface area contributed by atoms with E-state index in [0.29, 0.717) is 24.8 Å². The summed E-state index contributed by atoms with van der Waals surface area (Å²) in [5.74, 6) is -0.489. The Morgan fingerprint density at radius 1 is 1.32 bits per heavy atom. The standard InChI is InChI=1S/C20H21N5O2S.CH2O2/c1-13-11-21-7-6-15(13)22-8-9-23-19(27)14-10-18(26)25(12-14)20-24-16-4-2-3-5-17(16)28-20;2-1-3/h2-7,11,14H,8-10,12H2,1H3,(H,21,22)(H,23,27);1H,(H,2,3). The lowest BCUT2D eigenvalue weighted by Crippen LogP contribution is -2.35. The molecule has 1 saturated heterocycles. The molecule has 0 radical (unpaired) electrons. The first-order valence-corrected chi connectivity index (χ1v) is 10.5. The molecule has 31 heavy (non-hydrogen) atoms. The fraction of sp³-hybridized carbons (Fsp3) is 0.286. The normalized spacial score (nSPS) is 15.3.